The van der Waals surface area contributed by atoms with Gasteiger partial charge in [0.15, 0.2) is 0 Å². The first kappa shape index (κ1) is 12.0. The molecule has 4 heteroatoms. The van der Waals surface area contributed by atoms with Gasteiger partial charge in [0.2, 0.25) is 0 Å². The van der Waals surface area contributed by atoms with E-state index in [9.17, 15) is 0 Å². The van der Waals surface area contributed by atoms with Gasteiger partial charge in [-0.1, -0.05) is 6.42 Å². The Labute approximate surface area is 101 Å². The van der Waals surface area contributed by atoms with Gasteiger partial charge in [-0.2, -0.15) is 0 Å². The van der Waals surface area contributed by atoms with Gasteiger partial charge in [0.1, 0.15) is 0 Å². The van der Waals surface area contributed by atoms with Crippen molar-refractivity contribution in [1.82, 2.24) is 10.3 Å². The van der Waals surface area contributed by atoms with E-state index < -0.39 is 0 Å². The molecule has 3 nitrogen and oxygen atoms in total. The summed E-state index contributed by atoms with van der Waals surface area (Å²) in [4.78, 5) is 4.37. The van der Waals surface area contributed by atoms with Crippen LogP contribution in [0.5, 0.6) is 0 Å². The first-order valence-electron chi connectivity index (χ1n) is 6.07. The largest absolute Gasteiger partial charge is 0.375 e. The van der Waals surface area contributed by atoms with Crippen molar-refractivity contribution in [2.45, 2.75) is 45.3 Å². The molecule has 0 saturated carbocycles. The average Bonchev–Trinajstić information content (AvgIpc) is 2.72. The lowest BCUT2D eigenvalue weighted by Crippen LogP contribution is -2.34. The molecule has 1 aromatic heterocycles. The number of ether oxygens (including phenoxy) is 1. The van der Waals surface area contributed by atoms with Crippen molar-refractivity contribution in [1.29, 1.82) is 0 Å². The summed E-state index contributed by atoms with van der Waals surface area (Å²) in [6.07, 6.45) is 5.13. The van der Waals surface area contributed by atoms with Crippen LogP contribution in [0.2, 0.25) is 0 Å². The molecule has 1 saturated heterocycles. The lowest BCUT2D eigenvalue weighted by Gasteiger charge is -2.23. The average molecular weight is 240 g/mol. The summed E-state index contributed by atoms with van der Waals surface area (Å²) in [6.45, 7) is 4.71. The fraction of sp³-hybridized carbons (Fsp3) is 0.750. The normalized spacial score (nSPS) is 21.2. The minimum absolute atomic E-state index is 0.664. The van der Waals surface area contributed by atoms with Crippen LogP contribution in [-0.4, -0.2) is 24.2 Å². The number of hydrogen-bond acceptors (Lipinski definition) is 4. The Hall–Kier alpha value is -0.450. The molecule has 0 radical (unpaired) electrons. The van der Waals surface area contributed by atoms with Gasteiger partial charge < -0.3 is 10.1 Å². The van der Waals surface area contributed by atoms with Crippen molar-refractivity contribution in [2.24, 2.45) is 0 Å². The first-order chi connectivity index (χ1) is 7.84. The van der Waals surface area contributed by atoms with Crippen molar-refractivity contribution < 1.29 is 4.74 Å². The Morgan fingerprint density at radius 2 is 2.50 bits per heavy atom. The van der Waals surface area contributed by atoms with E-state index in [2.05, 4.69) is 15.7 Å². The third kappa shape index (κ3) is 3.85. The van der Waals surface area contributed by atoms with Crippen LogP contribution in [-0.2, 0) is 11.3 Å². The van der Waals surface area contributed by atoms with Crippen LogP contribution in [0.15, 0.2) is 5.38 Å². The van der Waals surface area contributed by atoms with E-state index in [1.807, 2.05) is 6.92 Å². The highest BCUT2D eigenvalue weighted by Crippen LogP contribution is 2.11. The van der Waals surface area contributed by atoms with Gasteiger partial charge in [-0.25, -0.2) is 4.98 Å². The fourth-order valence-corrected chi connectivity index (χ4v) is 2.64. The number of rotatable bonds is 5. The summed E-state index contributed by atoms with van der Waals surface area (Å²) in [7, 11) is 0. The molecule has 16 heavy (non-hydrogen) atoms. The van der Waals surface area contributed by atoms with Crippen LogP contribution in [0, 0.1) is 6.92 Å². The van der Waals surface area contributed by atoms with Gasteiger partial charge in [-0.05, 0) is 32.7 Å². The SMILES string of the molecule is Cc1nc(COCCC2CCCCN2)cs1. The number of nitrogens with zero attached hydrogens (tertiary/aromatic N) is 1. The number of aromatic nitrogens is 1. The zero-order valence-electron chi connectivity index (χ0n) is 9.87. The van der Waals surface area contributed by atoms with E-state index in [-0.39, 0.29) is 0 Å². The van der Waals surface area contributed by atoms with E-state index >= 15 is 0 Å². The molecule has 2 rings (SSSR count). The molecular weight excluding hydrogens is 220 g/mol. The molecule has 1 aliphatic rings. The van der Waals surface area contributed by atoms with E-state index in [0.717, 1.165) is 23.7 Å². The summed E-state index contributed by atoms with van der Waals surface area (Å²) in [5, 5.41) is 6.72. The molecule has 2 heterocycles. The molecule has 0 bridgehead atoms. The molecule has 1 unspecified atom stereocenters. The van der Waals surface area contributed by atoms with E-state index in [4.69, 9.17) is 4.74 Å². The molecule has 1 N–H and O–H groups in total. The van der Waals surface area contributed by atoms with E-state index in [0.29, 0.717) is 12.6 Å². The molecule has 0 amide bonds. The van der Waals surface area contributed by atoms with Gasteiger partial charge in [-0.3, -0.25) is 0 Å². The second-order valence-corrected chi connectivity index (χ2v) is 5.41. The van der Waals surface area contributed by atoms with Crippen molar-refractivity contribution in [3.8, 4) is 0 Å². The van der Waals surface area contributed by atoms with Crippen LogP contribution < -0.4 is 5.32 Å². The minimum atomic E-state index is 0.664. The topological polar surface area (TPSA) is 34.1 Å². The van der Waals surface area contributed by atoms with Gasteiger partial charge >= 0.3 is 0 Å². The first-order valence-corrected chi connectivity index (χ1v) is 6.94. The highest BCUT2D eigenvalue weighted by Gasteiger charge is 2.11. The smallest absolute Gasteiger partial charge is 0.0898 e. The molecular formula is C12H20N2OS. The molecule has 90 valence electrons. The highest BCUT2D eigenvalue weighted by atomic mass is 32.1. The van der Waals surface area contributed by atoms with Crippen LogP contribution >= 0.6 is 11.3 Å². The maximum atomic E-state index is 5.64. The third-order valence-corrected chi connectivity index (χ3v) is 3.76. The highest BCUT2D eigenvalue weighted by molar-refractivity contribution is 7.09. The zero-order valence-corrected chi connectivity index (χ0v) is 10.7. The van der Waals surface area contributed by atoms with Crippen LogP contribution in [0.4, 0.5) is 0 Å². The van der Waals surface area contributed by atoms with Crippen molar-refractivity contribution in [3.63, 3.8) is 0 Å². The lowest BCUT2D eigenvalue weighted by molar-refractivity contribution is 0.106. The number of hydrogen-bond donors (Lipinski definition) is 1. The molecule has 1 fully saturated rings. The number of nitrogens with one attached hydrogen (secondary N) is 1. The number of piperidine rings is 1. The monoisotopic (exact) mass is 240 g/mol. The van der Waals surface area contributed by atoms with Crippen LogP contribution in [0.3, 0.4) is 0 Å². The Morgan fingerprint density at radius 1 is 1.56 bits per heavy atom. The van der Waals surface area contributed by atoms with E-state index in [1.165, 1.54) is 25.8 Å². The van der Waals surface area contributed by atoms with Crippen molar-refractivity contribution in [2.75, 3.05) is 13.2 Å². The molecule has 1 atom stereocenters. The van der Waals surface area contributed by atoms with Crippen LogP contribution in [0.1, 0.15) is 36.4 Å². The Bertz CT molecular complexity index is 308. The van der Waals surface area contributed by atoms with Gasteiger partial charge in [0.05, 0.1) is 17.3 Å². The molecule has 0 aliphatic carbocycles. The summed E-state index contributed by atoms with van der Waals surface area (Å²) < 4.78 is 5.64. The Morgan fingerprint density at radius 3 is 3.19 bits per heavy atom. The second-order valence-electron chi connectivity index (χ2n) is 4.35. The number of thiazole rings is 1. The summed E-state index contributed by atoms with van der Waals surface area (Å²) in [5.74, 6) is 0. The van der Waals surface area contributed by atoms with Gasteiger partial charge in [-0.15, -0.1) is 11.3 Å². The van der Waals surface area contributed by atoms with E-state index in [1.54, 1.807) is 11.3 Å². The fourth-order valence-electron chi connectivity index (χ4n) is 2.05. The predicted octanol–water partition coefficient (Wildman–Crippen LogP) is 2.50. The summed E-state index contributed by atoms with van der Waals surface area (Å²) in [5.41, 5.74) is 1.07. The number of aryl methyl sites for hydroxylation is 1. The minimum Gasteiger partial charge on any atom is -0.375 e. The second kappa shape index (κ2) is 6.33. The maximum Gasteiger partial charge on any atom is 0.0898 e. The van der Waals surface area contributed by atoms with Gasteiger partial charge in [0, 0.05) is 18.0 Å². The maximum absolute atomic E-state index is 5.64. The van der Waals surface area contributed by atoms with Crippen molar-refractivity contribution >= 4 is 11.3 Å². The zero-order chi connectivity index (χ0) is 11.2. The van der Waals surface area contributed by atoms with Gasteiger partial charge in [0.25, 0.3) is 0 Å². The molecule has 0 aromatic carbocycles. The van der Waals surface area contributed by atoms with Crippen LogP contribution in [0.25, 0.3) is 0 Å². The molecule has 0 spiro atoms. The quantitative estimate of drug-likeness (QED) is 0.803. The lowest BCUT2D eigenvalue weighted by atomic mass is 10.0. The third-order valence-electron chi connectivity index (χ3n) is 2.94. The molecule has 1 aliphatic heterocycles. The molecule has 1 aromatic rings. The summed E-state index contributed by atoms with van der Waals surface area (Å²) >= 11 is 1.69. The Kier molecular flexibility index (Phi) is 4.75. The predicted molar refractivity (Wildman–Crippen MR) is 66.8 cm³/mol. The standard InChI is InChI=1S/C12H20N2OS/c1-10-14-12(9-16-10)8-15-7-5-11-4-2-3-6-13-11/h9,11,13H,2-8H2,1H3. The Balaban J connectivity index is 1.57. The van der Waals surface area contributed by atoms with Crippen molar-refractivity contribution in [3.05, 3.63) is 16.1 Å². The summed E-state index contributed by atoms with van der Waals surface area (Å²) in [6, 6.07) is 0.672.